The minimum Gasteiger partial charge on any atom is -0.344 e. The molecule has 1 aromatic heterocycles. The molecule has 20 heavy (non-hydrogen) atoms. The van der Waals surface area contributed by atoms with Crippen LogP contribution in [0.5, 0.6) is 0 Å². The van der Waals surface area contributed by atoms with Gasteiger partial charge < -0.3 is 10.7 Å². The quantitative estimate of drug-likeness (QED) is 0.588. The number of hydrazine groups is 1. The van der Waals surface area contributed by atoms with Crippen molar-refractivity contribution in [3.05, 3.63) is 59.7 Å². The van der Waals surface area contributed by atoms with Crippen molar-refractivity contribution in [2.45, 2.75) is 13.0 Å². The number of nitrogens with zero attached hydrogens (tertiary/aromatic N) is 1. The van der Waals surface area contributed by atoms with Gasteiger partial charge in [0, 0.05) is 6.20 Å². The van der Waals surface area contributed by atoms with Crippen LogP contribution in [0.15, 0.2) is 42.6 Å². The SMILES string of the molecule is CC(NC(=O)c1cccc(F)c1NN)c1ccccn1. The molecule has 5 nitrogen and oxygen atoms in total. The highest BCUT2D eigenvalue weighted by Gasteiger charge is 2.17. The van der Waals surface area contributed by atoms with Gasteiger partial charge in [-0.05, 0) is 31.2 Å². The van der Waals surface area contributed by atoms with Crippen LogP contribution in [-0.4, -0.2) is 10.9 Å². The van der Waals surface area contributed by atoms with Gasteiger partial charge in [-0.25, -0.2) is 4.39 Å². The van der Waals surface area contributed by atoms with Crippen molar-refractivity contribution in [3.8, 4) is 0 Å². The number of amides is 1. The second-order valence-corrected chi connectivity index (χ2v) is 4.26. The average molecular weight is 274 g/mol. The van der Waals surface area contributed by atoms with Crippen LogP contribution >= 0.6 is 0 Å². The van der Waals surface area contributed by atoms with E-state index in [1.165, 1.54) is 18.2 Å². The van der Waals surface area contributed by atoms with Crippen LogP contribution in [0.25, 0.3) is 0 Å². The van der Waals surface area contributed by atoms with Crippen LogP contribution in [0.1, 0.15) is 29.0 Å². The molecule has 0 bridgehead atoms. The number of nitrogen functional groups attached to an aromatic ring is 1. The van der Waals surface area contributed by atoms with Crippen LogP contribution in [0.4, 0.5) is 10.1 Å². The van der Waals surface area contributed by atoms with Crippen molar-refractivity contribution in [1.82, 2.24) is 10.3 Å². The first-order valence-corrected chi connectivity index (χ1v) is 6.10. The molecule has 1 atom stereocenters. The number of halogens is 1. The third-order valence-corrected chi connectivity index (χ3v) is 2.88. The number of carbonyl (C=O) groups excluding carboxylic acids is 1. The predicted molar refractivity (Wildman–Crippen MR) is 74.3 cm³/mol. The van der Waals surface area contributed by atoms with E-state index in [0.717, 1.165) is 5.69 Å². The molecule has 2 aromatic rings. The Morgan fingerprint density at radius 3 is 2.75 bits per heavy atom. The summed E-state index contributed by atoms with van der Waals surface area (Å²) in [5.41, 5.74) is 3.05. The van der Waals surface area contributed by atoms with E-state index < -0.39 is 11.7 Å². The normalized spacial score (nSPS) is 11.8. The Labute approximate surface area is 116 Å². The van der Waals surface area contributed by atoms with Gasteiger partial charge in [0.1, 0.15) is 5.82 Å². The van der Waals surface area contributed by atoms with Gasteiger partial charge in [0.25, 0.3) is 5.91 Å². The van der Waals surface area contributed by atoms with Gasteiger partial charge in [0.2, 0.25) is 0 Å². The summed E-state index contributed by atoms with van der Waals surface area (Å²) in [5, 5.41) is 2.75. The Kier molecular flexibility index (Phi) is 4.27. The lowest BCUT2D eigenvalue weighted by molar-refractivity contribution is 0.0939. The van der Waals surface area contributed by atoms with E-state index in [0.29, 0.717) is 0 Å². The molecule has 104 valence electrons. The maximum Gasteiger partial charge on any atom is 0.254 e. The minimum absolute atomic E-state index is 0.0294. The van der Waals surface area contributed by atoms with Gasteiger partial charge in [-0.2, -0.15) is 0 Å². The lowest BCUT2D eigenvalue weighted by atomic mass is 10.1. The summed E-state index contributed by atoms with van der Waals surface area (Å²) in [7, 11) is 0. The fourth-order valence-corrected chi connectivity index (χ4v) is 1.84. The lowest BCUT2D eigenvalue weighted by Crippen LogP contribution is -2.28. The number of aromatic nitrogens is 1. The van der Waals surface area contributed by atoms with E-state index in [-0.39, 0.29) is 17.3 Å². The number of para-hydroxylation sites is 1. The van der Waals surface area contributed by atoms with Gasteiger partial charge in [-0.1, -0.05) is 12.1 Å². The first-order chi connectivity index (χ1) is 9.63. The van der Waals surface area contributed by atoms with E-state index in [1.807, 2.05) is 6.07 Å². The van der Waals surface area contributed by atoms with E-state index >= 15 is 0 Å². The molecule has 0 saturated carbocycles. The number of carbonyl (C=O) groups is 1. The standard InChI is InChI=1S/C14H15FN4O/c1-9(12-7-2-3-8-17-12)18-14(20)10-5-4-6-11(15)13(10)19-16/h2-9,19H,16H2,1H3,(H,18,20). The molecular weight excluding hydrogens is 259 g/mol. The molecule has 1 aromatic carbocycles. The number of hydrogen-bond donors (Lipinski definition) is 3. The number of benzene rings is 1. The molecule has 4 N–H and O–H groups in total. The van der Waals surface area contributed by atoms with Crippen molar-refractivity contribution >= 4 is 11.6 Å². The van der Waals surface area contributed by atoms with Crippen molar-refractivity contribution in [1.29, 1.82) is 0 Å². The summed E-state index contributed by atoms with van der Waals surface area (Å²) >= 11 is 0. The third kappa shape index (κ3) is 2.92. The summed E-state index contributed by atoms with van der Waals surface area (Å²) < 4.78 is 13.5. The zero-order valence-electron chi connectivity index (χ0n) is 10.9. The lowest BCUT2D eigenvalue weighted by Gasteiger charge is -2.15. The summed E-state index contributed by atoms with van der Waals surface area (Å²) in [5.74, 6) is 4.25. The molecule has 0 spiro atoms. The minimum atomic E-state index is -0.578. The smallest absolute Gasteiger partial charge is 0.254 e. The summed E-state index contributed by atoms with van der Waals surface area (Å²) in [4.78, 5) is 16.3. The topological polar surface area (TPSA) is 80.0 Å². The molecular formula is C14H15FN4O. The number of hydrogen-bond acceptors (Lipinski definition) is 4. The van der Waals surface area contributed by atoms with Crippen LogP contribution in [0.3, 0.4) is 0 Å². The Hall–Kier alpha value is -2.47. The maximum atomic E-state index is 13.5. The summed E-state index contributed by atoms with van der Waals surface area (Å²) in [6, 6.07) is 9.32. The number of nitrogens with two attached hydrogens (primary N) is 1. The predicted octanol–water partition coefficient (Wildman–Crippen LogP) is 2.00. The van der Waals surface area contributed by atoms with Crippen molar-refractivity contribution in [2.75, 3.05) is 5.43 Å². The summed E-state index contributed by atoms with van der Waals surface area (Å²) in [6.45, 7) is 1.80. The van der Waals surface area contributed by atoms with Crippen LogP contribution in [0, 0.1) is 5.82 Å². The Bertz CT molecular complexity index is 603. The van der Waals surface area contributed by atoms with Gasteiger partial charge in [-0.15, -0.1) is 0 Å². The van der Waals surface area contributed by atoms with Gasteiger partial charge in [0.15, 0.2) is 0 Å². The average Bonchev–Trinajstić information content (AvgIpc) is 2.47. The molecule has 1 unspecified atom stereocenters. The van der Waals surface area contributed by atoms with Crippen molar-refractivity contribution < 1.29 is 9.18 Å². The highest BCUT2D eigenvalue weighted by Crippen LogP contribution is 2.19. The Morgan fingerprint density at radius 1 is 1.30 bits per heavy atom. The first-order valence-electron chi connectivity index (χ1n) is 6.10. The van der Waals surface area contributed by atoms with Gasteiger partial charge in [-0.3, -0.25) is 15.6 Å². The fourth-order valence-electron chi connectivity index (χ4n) is 1.84. The molecule has 0 aliphatic carbocycles. The first kappa shape index (κ1) is 14.0. The summed E-state index contributed by atoms with van der Waals surface area (Å²) in [6.07, 6.45) is 1.65. The molecule has 1 amide bonds. The molecule has 0 radical (unpaired) electrons. The van der Waals surface area contributed by atoms with Crippen LogP contribution in [-0.2, 0) is 0 Å². The van der Waals surface area contributed by atoms with Crippen molar-refractivity contribution in [3.63, 3.8) is 0 Å². The van der Waals surface area contributed by atoms with E-state index in [1.54, 1.807) is 25.3 Å². The molecule has 0 aliphatic heterocycles. The number of rotatable bonds is 4. The van der Waals surface area contributed by atoms with Crippen LogP contribution < -0.4 is 16.6 Å². The van der Waals surface area contributed by atoms with E-state index in [4.69, 9.17) is 5.84 Å². The fraction of sp³-hybridized carbons (Fsp3) is 0.143. The molecule has 0 fully saturated rings. The van der Waals surface area contributed by atoms with Crippen molar-refractivity contribution in [2.24, 2.45) is 5.84 Å². The van der Waals surface area contributed by atoms with Crippen LogP contribution in [0.2, 0.25) is 0 Å². The zero-order chi connectivity index (χ0) is 14.5. The molecule has 2 rings (SSSR count). The Balaban J connectivity index is 2.19. The highest BCUT2D eigenvalue weighted by atomic mass is 19.1. The monoisotopic (exact) mass is 274 g/mol. The van der Waals surface area contributed by atoms with E-state index in [9.17, 15) is 9.18 Å². The van der Waals surface area contributed by atoms with E-state index in [2.05, 4.69) is 15.7 Å². The second-order valence-electron chi connectivity index (χ2n) is 4.26. The number of anilines is 1. The Morgan fingerprint density at radius 2 is 2.10 bits per heavy atom. The number of nitrogens with one attached hydrogen (secondary N) is 2. The van der Waals surface area contributed by atoms with Gasteiger partial charge >= 0.3 is 0 Å². The maximum absolute atomic E-state index is 13.5. The highest BCUT2D eigenvalue weighted by molar-refractivity contribution is 5.99. The number of pyridine rings is 1. The molecule has 0 aliphatic rings. The third-order valence-electron chi connectivity index (χ3n) is 2.88. The molecule has 0 saturated heterocycles. The molecule has 1 heterocycles. The van der Waals surface area contributed by atoms with Gasteiger partial charge in [0.05, 0.1) is 23.0 Å². The zero-order valence-corrected chi connectivity index (χ0v) is 10.9. The molecule has 6 heteroatoms. The largest absolute Gasteiger partial charge is 0.344 e. The second kappa shape index (κ2) is 6.12.